The van der Waals surface area contributed by atoms with Gasteiger partial charge in [-0.3, -0.25) is 14.3 Å². The highest BCUT2D eigenvalue weighted by atomic mass is 16.2. The monoisotopic (exact) mass is 244 g/mol. The number of rotatable bonds is 1. The van der Waals surface area contributed by atoms with E-state index in [0.717, 1.165) is 24.2 Å². The minimum atomic E-state index is -0.195. The van der Waals surface area contributed by atoms with E-state index >= 15 is 0 Å². The molecular weight excluding hydrogens is 232 g/mol. The summed E-state index contributed by atoms with van der Waals surface area (Å²) in [5.74, 6) is -0.440. The maximum atomic E-state index is 12.3. The van der Waals surface area contributed by atoms with Crippen molar-refractivity contribution in [2.24, 2.45) is 18.9 Å². The van der Waals surface area contributed by atoms with Gasteiger partial charge in [0.05, 0.1) is 18.0 Å². The van der Waals surface area contributed by atoms with Crippen LogP contribution in [0.5, 0.6) is 0 Å². The highest BCUT2D eigenvalue weighted by molar-refractivity contribution is 6.22. The molecule has 2 aliphatic rings. The smallest absolute Gasteiger partial charge is 0.238 e. The molecule has 1 aromatic rings. The molecule has 1 saturated carbocycles. The Bertz CT molecular complexity index is 561. The Morgan fingerprint density at radius 2 is 1.94 bits per heavy atom. The van der Waals surface area contributed by atoms with E-state index in [1.165, 1.54) is 10.9 Å². The number of nitriles is 1. The summed E-state index contributed by atoms with van der Waals surface area (Å²) in [7, 11) is 1.63. The van der Waals surface area contributed by atoms with Gasteiger partial charge < -0.3 is 0 Å². The molecule has 1 aliphatic carbocycles. The first-order valence-corrected chi connectivity index (χ1v) is 5.95. The van der Waals surface area contributed by atoms with Gasteiger partial charge in [0.1, 0.15) is 11.6 Å². The molecule has 2 amide bonds. The van der Waals surface area contributed by atoms with Crippen molar-refractivity contribution in [2.75, 3.05) is 4.90 Å². The largest absolute Gasteiger partial charge is 0.274 e. The van der Waals surface area contributed by atoms with Crippen LogP contribution in [0.4, 0.5) is 5.82 Å². The highest BCUT2D eigenvalue weighted by Gasteiger charge is 2.51. The Hall–Kier alpha value is -2.16. The zero-order chi connectivity index (χ0) is 12.9. The van der Waals surface area contributed by atoms with Crippen molar-refractivity contribution in [3.63, 3.8) is 0 Å². The molecule has 3 rings (SSSR count). The van der Waals surface area contributed by atoms with Crippen molar-refractivity contribution in [1.82, 2.24) is 9.78 Å². The molecule has 1 saturated heterocycles. The fourth-order valence-electron chi connectivity index (χ4n) is 2.98. The number of fused-ring (bicyclic) bond motifs is 1. The maximum absolute atomic E-state index is 12.3. The Morgan fingerprint density at radius 3 is 2.50 bits per heavy atom. The predicted molar refractivity (Wildman–Crippen MR) is 61.2 cm³/mol. The van der Waals surface area contributed by atoms with Gasteiger partial charge in [-0.05, 0) is 12.8 Å². The number of carbonyl (C=O) groups is 2. The lowest BCUT2D eigenvalue weighted by Crippen LogP contribution is -2.33. The van der Waals surface area contributed by atoms with Gasteiger partial charge in [-0.25, -0.2) is 4.90 Å². The summed E-state index contributed by atoms with van der Waals surface area (Å²) < 4.78 is 1.41. The summed E-state index contributed by atoms with van der Waals surface area (Å²) in [6, 6.07) is 1.97. The predicted octanol–water partition coefficient (Wildman–Crippen LogP) is 0.581. The van der Waals surface area contributed by atoms with Crippen molar-refractivity contribution in [3.05, 3.63) is 11.8 Å². The molecule has 1 aromatic heterocycles. The molecule has 2 heterocycles. The number of aromatic nitrogens is 2. The fourth-order valence-corrected chi connectivity index (χ4v) is 2.98. The second kappa shape index (κ2) is 3.67. The Balaban J connectivity index is 2.08. The van der Waals surface area contributed by atoms with E-state index < -0.39 is 0 Å². The van der Waals surface area contributed by atoms with Gasteiger partial charge in [0, 0.05) is 7.05 Å². The van der Waals surface area contributed by atoms with Crippen LogP contribution in [0.15, 0.2) is 6.20 Å². The minimum absolute atomic E-state index is 0.178. The van der Waals surface area contributed by atoms with Crippen LogP contribution in [-0.2, 0) is 16.6 Å². The molecule has 2 atom stereocenters. The Labute approximate surface area is 104 Å². The van der Waals surface area contributed by atoms with Crippen LogP contribution >= 0.6 is 0 Å². The normalized spacial score (nSPS) is 26.6. The van der Waals surface area contributed by atoms with Crippen LogP contribution in [0.25, 0.3) is 0 Å². The van der Waals surface area contributed by atoms with Crippen LogP contribution in [0.3, 0.4) is 0 Å². The van der Waals surface area contributed by atoms with E-state index in [0.29, 0.717) is 5.82 Å². The molecule has 6 heteroatoms. The van der Waals surface area contributed by atoms with Crippen LogP contribution in [0.1, 0.15) is 24.8 Å². The van der Waals surface area contributed by atoms with Gasteiger partial charge in [-0.1, -0.05) is 6.42 Å². The molecule has 18 heavy (non-hydrogen) atoms. The number of imide groups is 1. The van der Waals surface area contributed by atoms with Crippen molar-refractivity contribution in [2.45, 2.75) is 19.3 Å². The van der Waals surface area contributed by atoms with Gasteiger partial charge in [0.25, 0.3) is 0 Å². The number of hydrogen-bond acceptors (Lipinski definition) is 4. The van der Waals surface area contributed by atoms with Crippen LogP contribution in [-0.4, -0.2) is 21.6 Å². The van der Waals surface area contributed by atoms with E-state index in [1.54, 1.807) is 7.05 Å². The average Bonchev–Trinajstić information content (AvgIpc) is 3.01. The lowest BCUT2D eigenvalue weighted by atomic mass is 10.00. The van der Waals surface area contributed by atoms with Crippen molar-refractivity contribution in [1.29, 1.82) is 5.26 Å². The Kier molecular flexibility index (Phi) is 2.23. The zero-order valence-electron chi connectivity index (χ0n) is 9.96. The first-order chi connectivity index (χ1) is 8.65. The van der Waals surface area contributed by atoms with E-state index in [2.05, 4.69) is 5.10 Å². The summed E-state index contributed by atoms with van der Waals surface area (Å²) in [6.07, 6.45) is 3.85. The third-order valence-corrected chi connectivity index (χ3v) is 3.83. The van der Waals surface area contributed by atoms with Crippen molar-refractivity contribution < 1.29 is 9.59 Å². The van der Waals surface area contributed by atoms with Gasteiger partial charge >= 0.3 is 0 Å². The summed E-state index contributed by atoms with van der Waals surface area (Å²) in [5, 5.41) is 13.0. The fraction of sp³-hybridized carbons (Fsp3) is 0.500. The van der Waals surface area contributed by atoms with Gasteiger partial charge in [0.15, 0.2) is 5.82 Å². The number of anilines is 1. The third-order valence-electron chi connectivity index (χ3n) is 3.83. The second-order valence-electron chi connectivity index (χ2n) is 4.77. The van der Waals surface area contributed by atoms with Gasteiger partial charge in [0.2, 0.25) is 11.8 Å². The maximum Gasteiger partial charge on any atom is 0.238 e. The topological polar surface area (TPSA) is 79.0 Å². The molecule has 0 bridgehead atoms. The van der Waals surface area contributed by atoms with E-state index in [4.69, 9.17) is 5.26 Å². The van der Waals surface area contributed by atoms with Crippen molar-refractivity contribution in [3.8, 4) is 6.07 Å². The lowest BCUT2D eigenvalue weighted by Gasteiger charge is -2.16. The van der Waals surface area contributed by atoms with Crippen LogP contribution in [0, 0.1) is 23.2 Å². The minimum Gasteiger partial charge on any atom is -0.274 e. The number of amides is 2. The number of aryl methyl sites for hydroxylation is 1. The lowest BCUT2D eigenvalue weighted by molar-refractivity contribution is -0.122. The first kappa shape index (κ1) is 11.0. The van der Waals surface area contributed by atoms with Crippen LogP contribution in [0.2, 0.25) is 0 Å². The summed E-state index contributed by atoms with van der Waals surface area (Å²) in [6.45, 7) is 0. The van der Waals surface area contributed by atoms with E-state index in [9.17, 15) is 9.59 Å². The molecular formula is C12H12N4O2. The van der Waals surface area contributed by atoms with E-state index in [1.807, 2.05) is 6.07 Å². The number of hydrogen-bond donors (Lipinski definition) is 0. The molecule has 1 aliphatic heterocycles. The standard InChI is InChI=1S/C12H12N4O2/c1-15-10(7(5-13)6-14-15)16-11(17)8-3-2-4-9(8)12(16)18/h6,8-9H,2-4H2,1H3. The summed E-state index contributed by atoms with van der Waals surface area (Å²) >= 11 is 0. The van der Waals surface area contributed by atoms with Gasteiger partial charge in [-0.15, -0.1) is 0 Å². The molecule has 0 spiro atoms. The van der Waals surface area contributed by atoms with Crippen LogP contribution < -0.4 is 4.90 Å². The molecule has 0 radical (unpaired) electrons. The summed E-state index contributed by atoms with van der Waals surface area (Å²) in [5.41, 5.74) is 0.263. The molecule has 2 fully saturated rings. The number of nitrogens with zero attached hydrogens (tertiary/aromatic N) is 4. The quantitative estimate of drug-likeness (QED) is 0.677. The average molecular weight is 244 g/mol. The van der Waals surface area contributed by atoms with Crippen molar-refractivity contribution >= 4 is 17.6 Å². The molecule has 2 unspecified atom stereocenters. The summed E-state index contributed by atoms with van der Waals surface area (Å²) in [4.78, 5) is 25.7. The molecule has 92 valence electrons. The molecule has 6 nitrogen and oxygen atoms in total. The molecule has 0 N–H and O–H groups in total. The zero-order valence-corrected chi connectivity index (χ0v) is 9.96. The highest BCUT2D eigenvalue weighted by Crippen LogP contribution is 2.41. The Morgan fingerprint density at radius 1 is 1.33 bits per heavy atom. The van der Waals surface area contributed by atoms with E-state index in [-0.39, 0.29) is 29.2 Å². The number of carbonyl (C=O) groups excluding carboxylic acids is 2. The third kappa shape index (κ3) is 1.24. The first-order valence-electron chi connectivity index (χ1n) is 5.95. The molecule has 0 aromatic carbocycles. The van der Waals surface area contributed by atoms with Gasteiger partial charge in [-0.2, -0.15) is 10.4 Å². The SMILES string of the molecule is Cn1ncc(C#N)c1N1C(=O)C2CCCC2C1=O. The second-order valence-corrected chi connectivity index (χ2v) is 4.77.